The third-order valence-electron chi connectivity index (χ3n) is 5.71. The van der Waals surface area contributed by atoms with Gasteiger partial charge >= 0.3 is 0 Å². The topological polar surface area (TPSA) is 71.3 Å². The second kappa shape index (κ2) is 10.4. The second-order valence-electron chi connectivity index (χ2n) is 8.17. The molecule has 0 spiro atoms. The van der Waals surface area contributed by atoms with Gasteiger partial charge in [0.25, 0.3) is 0 Å². The molecular formula is C27H26N2O3S. The molecule has 33 heavy (non-hydrogen) atoms. The minimum absolute atomic E-state index is 0.262. The number of thiophene rings is 1. The lowest BCUT2D eigenvalue weighted by Gasteiger charge is -2.17. The maximum absolute atomic E-state index is 12.6. The zero-order valence-corrected chi connectivity index (χ0v) is 19.6. The summed E-state index contributed by atoms with van der Waals surface area (Å²) in [5.74, 6) is 1.59. The van der Waals surface area contributed by atoms with E-state index in [0.717, 1.165) is 36.0 Å². The van der Waals surface area contributed by atoms with Crippen molar-refractivity contribution in [1.29, 1.82) is 5.26 Å². The Balaban J connectivity index is 1.42. The van der Waals surface area contributed by atoms with Crippen LogP contribution in [-0.2, 0) is 24.2 Å². The summed E-state index contributed by atoms with van der Waals surface area (Å²) in [6.07, 6.45) is 6.15. The van der Waals surface area contributed by atoms with Gasteiger partial charge in [-0.1, -0.05) is 43.3 Å². The summed E-state index contributed by atoms with van der Waals surface area (Å²) in [7, 11) is 1.59. The molecule has 2 aromatic carbocycles. The number of amides is 1. The number of nitrogens with zero attached hydrogens (tertiary/aromatic N) is 1. The molecule has 0 saturated carbocycles. The van der Waals surface area contributed by atoms with Crippen LogP contribution < -0.4 is 14.8 Å². The van der Waals surface area contributed by atoms with Crippen molar-refractivity contribution >= 4 is 28.3 Å². The summed E-state index contributed by atoms with van der Waals surface area (Å²) in [6, 6.07) is 17.7. The molecule has 0 fully saturated rings. The summed E-state index contributed by atoms with van der Waals surface area (Å²) >= 11 is 1.53. The van der Waals surface area contributed by atoms with E-state index in [1.807, 2.05) is 48.5 Å². The molecule has 0 saturated heterocycles. The highest BCUT2D eigenvalue weighted by Gasteiger charge is 2.24. The fourth-order valence-electron chi connectivity index (χ4n) is 3.93. The molecule has 6 heteroatoms. The number of carbonyl (C=O) groups is 1. The third kappa shape index (κ3) is 5.44. The molecule has 1 aliphatic rings. The lowest BCUT2D eigenvalue weighted by molar-refractivity contribution is -0.111. The number of rotatable bonds is 7. The van der Waals surface area contributed by atoms with Crippen LogP contribution in [-0.4, -0.2) is 13.0 Å². The van der Waals surface area contributed by atoms with Crippen LogP contribution in [0.5, 0.6) is 11.5 Å². The number of hydrogen-bond acceptors (Lipinski definition) is 5. The molecule has 168 valence electrons. The van der Waals surface area contributed by atoms with Crippen LogP contribution in [0.1, 0.15) is 40.5 Å². The number of ether oxygens (including phenoxy) is 2. The summed E-state index contributed by atoms with van der Waals surface area (Å²) in [6.45, 7) is 2.67. The molecule has 0 bridgehead atoms. The average Bonchev–Trinajstić information content (AvgIpc) is 3.17. The minimum Gasteiger partial charge on any atom is -0.493 e. The van der Waals surface area contributed by atoms with Crippen molar-refractivity contribution in [3.05, 3.63) is 81.7 Å². The molecular weight excluding hydrogens is 432 g/mol. The van der Waals surface area contributed by atoms with Crippen LogP contribution in [0.25, 0.3) is 6.08 Å². The maximum Gasteiger partial charge on any atom is 0.249 e. The highest BCUT2D eigenvalue weighted by Crippen LogP contribution is 2.39. The molecule has 1 amide bonds. The minimum atomic E-state index is -0.262. The van der Waals surface area contributed by atoms with Crippen molar-refractivity contribution in [1.82, 2.24) is 0 Å². The Morgan fingerprint density at radius 2 is 2.06 bits per heavy atom. The van der Waals surface area contributed by atoms with E-state index < -0.39 is 0 Å². The zero-order chi connectivity index (χ0) is 23.2. The van der Waals surface area contributed by atoms with E-state index in [1.54, 1.807) is 13.2 Å². The number of methoxy groups -OCH3 is 1. The van der Waals surface area contributed by atoms with E-state index >= 15 is 0 Å². The monoisotopic (exact) mass is 458 g/mol. The molecule has 1 aliphatic carbocycles. The van der Waals surface area contributed by atoms with Crippen molar-refractivity contribution in [3.63, 3.8) is 0 Å². The van der Waals surface area contributed by atoms with Crippen LogP contribution in [0.4, 0.5) is 5.00 Å². The molecule has 0 aliphatic heterocycles. The van der Waals surface area contributed by atoms with Gasteiger partial charge in [-0.25, -0.2) is 0 Å². The number of hydrogen-bond donors (Lipinski definition) is 1. The Labute approximate surface area is 198 Å². The smallest absolute Gasteiger partial charge is 0.249 e. The molecule has 1 heterocycles. The summed E-state index contributed by atoms with van der Waals surface area (Å²) in [5.41, 5.74) is 3.61. The molecule has 5 nitrogen and oxygen atoms in total. The molecule has 4 rings (SSSR count). The standard InChI is InChI=1S/C27H26N2O3S/c1-18-8-11-21-22(16-28)27(33-25(21)14-18)29-26(30)13-10-19-9-12-23(24(15-19)31-2)32-17-20-6-4-3-5-7-20/h3-7,9-10,12-13,15,18H,8,11,14,17H2,1-2H3,(H,29,30)/b13-10+. The highest BCUT2D eigenvalue weighted by molar-refractivity contribution is 7.16. The number of nitriles is 1. The van der Waals surface area contributed by atoms with Crippen molar-refractivity contribution < 1.29 is 14.3 Å². The first kappa shape index (κ1) is 22.6. The molecule has 0 radical (unpaired) electrons. The van der Waals surface area contributed by atoms with Crippen molar-refractivity contribution in [2.45, 2.75) is 32.8 Å². The van der Waals surface area contributed by atoms with Gasteiger partial charge in [-0.15, -0.1) is 11.3 Å². The quantitative estimate of drug-likeness (QED) is 0.442. The van der Waals surface area contributed by atoms with Crippen LogP contribution >= 0.6 is 11.3 Å². The van der Waals surface area contributed by atoms with Gasteiger partial charge < -0.3 is 14.8 Å². The van der Waals surface area contributed by atoms with Gasteiger partial charge in [-0.05, 0) is 60.1 Å². The number of carbonyl (C=O) groups excluding carboxylic acids is 1. The lowest BCUT2D eigenvalue weighted by atomic mass is 9.89. The zero-order valence-electron chi connectivity index (χ0n) is 18.8. The number of fused-ring (bicyclic) bond motifs is 1. The fraction of sp³-hybridized carbons (Fsp3) is 0.259. The van der Waals surface area contributed by atoms with E-state index in [0.29, 0.717) is 34.6 Å². The molecule has 3 aromatic rings. The van der Waals surface area contributed by atoms with Crippen LogP contribution in [0.3, 0.4) is 0 Å². The summed E-state index contributed by atoms with van der Waals surface area (Å²) < 4.78 is 11.4. The summed E-state index contributed by atoms with van der Waals surface area (Å²) in [4.78, 5) is 13.8. The van der Waals surface area contributed by atoms with Crippen LogP contribution in [0.15, 0.2) is 54.6 Å². The van der Waals surface area contributed by atoms with Gasteiger partial charge in [-0.2, -0.15) is 5.26 Å². The molecule has 1 unspecified atom stereocenters. The van der Waals surface area contributed by atoms with E-state index in [-0.39, 0.29) is 5.91 Å². The maximum atomic E-state index is 12.6. The SMILES string of the molecule is COc1cc(/C=C/C(=O)Nc2sc3c(c2C#N)CCC(C)C3)ccc1OCc1ccccc1. The highest BCUT2D eigenvalue weighted by atomic mass is 32.1. The van der Waals surface area contributed by atoms with Crippen LogP contribution in [0.2, 0.25) is 0 Å². The van der Waals surface area contributed by atoms with Crippen LogP contribution in [0, 0.1) is 17.2 Å². The fourth-order valence-corrected chi connectivity index (χ4v) is 5.29. The lowest BCUT2D eigenvalue weighted by Crippen LogP contribution is -2.10. The van der Waals surface area contributed by atoms with Gasteiger partial charge in [0, 0.05) is 11.0 Å². The van der Waals surface area contributed by atoms with Gasteiger partial charge in [0.2, 0.25) is 5.91 Å². The van der Waals surface area contributed by atoms with Crippen molar-refractivity contribution in [3.8, 4) is 17.6 Å². The predicted octanol–water partition coefficient (Wildman–Crippen LogP) is 5.98. The Hall–Kier alpha value is -3.56. The average molecular weight is 459 g/mol. The molecule has 1 atom stereocenters. The number of anilines is 1. The van der Waals surface area contributed by atoms with Gasteiger partial charge in [0.1, 0.15) is 17.7 Å². The first-order valence-electron chi connectivity index (χ1n) is 11.0. The normalized spacial score (nSPS) is 15.0. The Morgan fingerprint density at radius 3 is 2.82 bits per heavy atom. The van der Waals surface area contributed by atoms with E-state index in [4.69, 9.17) is 9.47 Å². The van der Waals surface area contributed by atoms with Crippen molar-refractivity contribution in [2.75, 3.05) is 12.4 Å². The third-order valence-corrected chi connectivity index (χ3v) is 6.88. The van der Waals surface area contributed by atoms with E-state index in [2.05, 4.69) is 18.3 Å². The van der Waals surface area contributed by atoms with Gasteiger partial charge in [0.15, 0.2) is 11.5 Å². The van der Waals surface area contributed by atoms with E-state index in [1.165, 1.54) is 22.3 Å². The van der Waals surface area contributed by atoms with Crippen molar-refractivity contribution in [2.24, 2.45) is 5.92 Å². The van der Waals surface area contributed by atoms with Gasteiger partial charge in [-0.3, -0.25) is 4.79 Å². The Morgan fingerprint density at radius 1 is 1.24 bits per heavy atom. The number of benzene rings is 2. The number of nitrogens with one attached hydrogen (secondary N) is 1. The largest absolute Gasteiger partial charge is 0.493 e. The first-order valence-corrected chi connectivity index (χ1v) is 11.8. The summed E-state index contributed by atoms with van der Waals surface area (Å²) in [5, 5.41) is 13.2. The van der Waals surface area contributed by atoms with Gasteiger partial charge in [0.05, 0.1) is 12.7 Å². The first-order chi connectivity index (χ1) is 16.1. The van der Waals surface area contributed by atoms with E-state index in [9.17, 15) is 10.1 Å². The second-order valence-corrected chi connectivity index (χ2v) is 9.28. The predicted molar refractivity (Wildman–Crippen MR) is 132 cm³/mol. The molecule has 1 aromatic heterocycles. The Bertz CT molecular complexity index is 1210. The molecule has 1 N–H and O–H groups in total. The Kier molecular flexibility index (Phi) is 7.11.